The lowest BCUT2D eigenvalue weighted by atomic mass is 9.90. The minimum Gasteiger partial charge on any atom is -0.371 e. The average molecular weight is 329 g/mol. The second-order valence-corrected chi connectivity index (χ2v) is 6.61. The Labute approximate surface area is 141 Å². The summed E-state index contributed by atoms with van der Waals surface area (Å²) < 4.78 is 10.8. The van der Waals surface area contributed by atoms with Crippen molar-refractivity contribution in [1.29, 1.82) is 0 Å². The first-order valence-corrected chi connectivity index (χ1v) is 8.15. The zero-order valence-electron chi connectivity index (χ0n) is 14.6. The molecule has 1 amide bonds. The van der Waals surface area contributed by atoms with Crippen molar-refractivity contribution in [2.45, 2.75) is 45.3 Å². The van der Waals surface area contributed by atoms with E-state index in [0.29, 0.717) is 24.7 Å². The van der Waals surface area contributed by atoms with Gasteiger partial charge >= 0.3 is 0 Å². The number of methoxy groups -OCH3 is 1. The molecule has 1 unspecified atom stereocenters. The van der Waals surface area contributed by atoms with Crippen LogP contribution in [0.5, 0.6) is 0 Å². The number of rotatable bonds is 4. The molecule has 0 saturated carbocycles. The molecule has 0 aliphatic carbocycles. The van der Waals surface area contributed by atoms with Crippen LogP contribution in [0.4, 0.5) is 0 Å². The first-order chi connectivity index (χ1) is 11.4. The number of nitrogens with zero attached hydrogens (tertiary/aromatic N) is 3. The molecule has 0 bridgehead atoms. The van der Waals surface area contributed by atoms with Crippen LogP contribution in [0.15, 0.2) is 28.8 Å². The normalized spacial score (nSPS) is 17.7. The van der Waals surface area contributed by atoms with Crippen molar-refractivity contribution < 1.29 is 14.1 Å². The molecule has 0 fully saturated rings. The third-order valence-corrected chi connectivity index (χ3v) is 4.70. The molecule has 1 aromatic heterocycles. The highest BCUT2D eigenvalue weighted by Gasteiger charge is 2.32. The summed E-state index contributed by atoms with van der Waals surface area (Å²) in [5.41, 5.74) is 1.83. The van der Waals surface area contributed by atoms with Crippen LogP contribution in [0.1, 0.15) is 49.7 Å². The van der Waals surface area contributed by atoms with Gasteiger partial charge in [0.2, 0.25) is 17.6 Å². The van der Waals surface area contributed by atoms with E-state index in [1.165, 1.54) is 5.56 Å². The highest BCUT2D eigenvalue weighted by molar-refractivity contribution is 5.74. The summed E-state index contributed by atoms with van der Waals surface area (Å²) in [4.78, 5) is 18.4. The molecule has 0 saturated heterocycles. The Morgan fingerprint density at radius 1 is 1.42 bits per heavy atom. The molecule has 0 N–H and O–H groups in total. The van der Waals surface area contributed by atoms with Gasteiger partial charge < -0.3 is 14.2 Å². The zero-order valence-corrected chi connectivity index (χ0v) is 14.6. The lowest BCUT2D eigenvalue weighted by Crippen LogP contribution is -2.39. The van der Waals surface area contributed by atoms with Crippen molar-refractivity contribution in [2.24, 2.45) is 0 Å². The molecule has 2 heterocycles. The molecule has 0 radical (unpaired) electrons. The van der Waals surface area contributed by atoms with Crippen molar-refractivity contribution in [3.05, 3.63) is 47.1 Å². The van der Waals surface area contributed by atoms with Crippen molar-refractivity contribution in [3.63, 3.8) is 0 Å². The van der Waals surface area contributed by atoms with Crippen LogP contribution in [0.3, 0.4) is 0 Å². The zero-order chi connectivity index (χ0) is 17.3. The number of aromatic nitrogens is 2. The molecule has 2 aromatic rings. The quantitative estimate of drug-likeness (QED) is 0.862. The molecule has 1 aliphatic rings. The van der Waals surface area contributed by atoms with Crippen LogP contribution in [0.2, 0.25) is 0 Å². The third kappa shape index (κ3) is 3.06. The number of hydrogen-bond acceptors (Lipinski definition) is 5. The SMILES string of the molecule is COC(C)(C)c1noc(CC2c3ccccc3CCN2C(C)=O)n1. The smallest absolute Gasteiger partial charge is 0.229 e. The standard InChI is InChI=1S/C18H23N3O3/c1-12(22)21-10-9-13-7-5-6-8-14(13)15(21)11-16-19-17(20-24-16)18(2,3)23-4/h5-8,15H,9-11H2,1-4H3. The summed E-state index contributed by atoms with van der Waals surface area (Å²) in [5, 5.41) is 4.04. The molecule has 1 aromatic carbocycles. The molecule has 1 atom stereocenters. The van der Waals surface area contributed by atoms with E-state index in [0.717, 1.165) is 12.0 Å². The van der Waals surface area contributed by atoms with Crippen LogP contribution in [-0.4, -0.2) is 34.6 Å². The molecular weight excluding hydrogens is 306 g/mol. The maximum absolute atomic E-state index is 12.1. The Bertz CT molecular complexity index is 739. The Balaban J connectivity index is 1.90. The van der Waals surface area contributed by atoms with Gasteiger partial charge in [0.15, 0.2) is 0 Å². The van der Waals surface area contributed by atoms with Gasteiger partial charge in [0.25, 0.3) is 0 Å². The fraction of sp³-hybridized carbons (Fsp3) is 0.500. The van der Waals surface area contributed by atoms with Crippen molar-refractivity contribution in [1.82, 2.24) is 15.0 Å². The summed E-state index contributed by atoms with van der Waals surface area (Å²) in [6.07, 6.45) is 1.38. The maximum Gasteiger partial charge on any atom is 0.229 e. The Morgan fingerprint density at radius 2 is 2.17 bits per heavy atom. The second kappa shape index (κ2) is 6.36. The fourth-order valence-corrected chi connectivity index (χ4v) is 3.09. The summed E-state index contributed by atoms with van der Waals surface area (Å²) in [6.45, 7) is 6.09. The molecule has 128 valence electrons. The minimum atomic E-state index is -0.605. The van der Waals surface area contributed by atoms with E-state index in [1.54, 1.807) is 14.0 Å². The van der Waals surface area contributed by atoms with E-state index in [9.17, 15) is 4.79 Å². The molecule has 24 heavy (non-hydrogen) atoms. The lowest BCUT2D eigenvalue weighted by Gasteiger charge is -2.36. The molecular formula is C18H23N3O3. The first kappa shape index (κ1) is 16.6. The van der Waals surface area contributed by atoms with Gasteiger partial charge in [-0.3, -0.25) is 4.79 Å². The van der Waals surface area contributed by atoms with Gasteiger partial charge in [0, 0.05) is 20.6 Å². The maximum atomic E-state index is 12.1. The van der Waals surface area contributed by atoms with E-state index in [2.05, 4.69) is 22.3 Å². The predicted molar refractivity (Wildman–Crippen MR) is 88.3 cm³/mol. The summed E-state index contributed by atoms with van der Waals surface area (Å²) >= 11 is 0. The number of carbonyl (C=O) groups excluding carboxylic acids is 1. The first-order valence-electron chi connectivity index (χ1n) is 8.15. The van der Waals surface area contributed by atoms with Crippen LogP contribution in [-0.2, 0) is 28.0 Å². The number of carbonyl (C=O) groups is 1. The van der Waals surface area contributed by atoms with E-state index in [4.69, 9.17) is 9.26 Å². The fourth-order valence-electron chi connectivity index (χ4n) is 3.09. The molecule has 1 aliphatic heterocycles. The Hall–Kier alpha value is -2.21. The van der Waals surface area contributed by atoms with Gasteiger partial charge in [-0.05, 0) is 31.4 Å². The predicted octanol–water partition coefficient (Wildman–Crippen LogP) is 2.64. The molecule has 3 rings (SSSR count). The number of ether oxygens (including phenoxy) is 1. The van der Waals surface area contributed by atoms with Gasteiger partial charge in [-0.25, -0.2) is 0 Å². The van der Waals surface area contributed by atoms with E-state index >= 15 is 0 Å². The van der Waals surface area contributed by atoms with Crippen LogP contribution >= 0.6 is 0 Å². The third-order valence-electron chi connectivity index (χ3n) is 4.70. The van der Waals surface area contributed by atoms with E-state index < -0.39 is 5.60 Å². The summed E-state index contributed by atoms with van der Waals surface area (Å²) in [7, 11) is 1.62. The highest BCUT2D eigenvalue weighted by Crippen LogP contribution is 2.32. The van der Waals surface area contributed by atoms with Gasteiger partial charge in [0.1, 0.15) is 5.60 Å². The van der Waals surface area contributed by atoms with Gasteiger partial charge in [-0.15, -0.1) is 0 Å². The van der Waals surface area contributed by atoms with Gasteiger partial charge in [-0.1, -0.05) is 29.4 Å². The van der Waals surface area contributed by atoms with Crippen LogP contribution in [0, 0.1) is 0 Å². The highest BCUT2D eigenvalue weighted by atomic mass is 16.5. The van der Waals surface area contributed by atoms with E-state index in [-0.39, 0.29) is 11.9 Å². The number of amides is 1. The minimum absolute atomic E-state index is 0.0615. The number of hydrogen-bond donors (Lipinski definition) is 0. The van der Waals surface area contributed by atoms with Crippen molar-refractivity contribution in [2.75, 3.05) is 13.7 Å². The van der Waals surface area contributed by atoms with Crippen molar-refractivity contribution in [3.8, 4) is 0 Å². The lowest BCUT2D eigenvalue weighted by molar-refractivity contribution is -0.131. The van der Waals surface area contributed by atoms with Gasteiger partial charge in [-0.2, -0.15) is 4.98 Å². The number of benzene rings is 1. The van der Waals surface area contributed by atoms with Crippen LogP contribution in [0.25, 0.3) is 0 Å². The average Bonchev–Trinajstić information content (AvgIpc) is 3.04. The second-order valence-electron chi connectivity index (χ2n) is 6.61. The Morgan fingerprint density at radius 3 is 2.88 bits per heavy atom. The van der Waals surface area contributed by atoms with Gasteiger partial charge in [0.05, 0.1) is 12.5 Å². The largest absolute Gasteiger partial charge is 0.371 e. The van der Waals surface area contributed by atoms with Crippen molar-refractivity contribution >= 4 is 5.91 Å². The van der Waals surface area contributed by atoms with E-state index in [1.807, 2.05) is 30.9 Å². The molecule has 6 heteroatoms. The molecule has 0 spiro atoms. The Kier molecular flexibility index (Phi) is 4.41. The monoisotopic (exact) mass is 329 g/mol. The molecule has 6 nitrogen and oxygen atoms in total. The topological polar surface area (TPSA) is 68.5 Å². The number of fused-ring (bicyclic) bond motifs is 1. The van der Waals surface area contributed by atoms with Crippen LogP contribution < -0.4 is 0 Å². The summed E-state index contributed by atoms with van der Waals surface area (Å²) in [6, 6.07) is 8.15. The summed E-state index contributed by atoms with van der Waals surface area (Å²) in [5.74, 6) is 1.09.